The molecule has 32 heavy (non-hydrogen) atoms. The number of sulfone groups is 1. The van der Waals surface area contributed by atoms with Gasteiger partial charge in [-0.2, -0.15) is 0 Å². The molecule has 1 amide bonds. The molecule has 7 nitrogen and oxygen atoms in total. The highest BCUT2D eigenvalue weighted by Gasteiger charge is 2.38. The molecule has 0 N–H and O–H groups in total. The summed E-state index contributed by atoms with van der Waals surface area (Å²) in [6.45, 7) is 1.40. The van der Waals surface area contributed by atoms with Gasteiger partial charge in [0.25, 0.3) is 0 Å². The number of carbonyl (C=O) groups excluding carboxylic acids is 1. The van der Waals surface area contributed by atoms with E-state index in [0.717, 1.165) is 24.4 Å². The number of aromatic nitrogens is 2. The highest BCUT2D eigenvalue weighted by atomic mass is 32.2. The first kappa shape index (κ1) is 21.3. The van der Waals surface area contributed by atoms with Gasteiger partial charge in [-0.25, -0.2) is 17.8 Å². The topological polar surface area (TPSA) is 83.5 Å². The van der Waals surface area contributed by atoms with E-state index in [1.165, 1.54) is 6.07 Å². The van der Waals surface area contributed by atoms with Gasteiger partial charge in [-0.05, 0) is 31.7 Å². The quantitative estimate of drug-likeness (QED) is 0.701. The van der Waals surface area contributed by atoms with Gasteiger partial charge >= 0.3 is 0 Å². The minimum Gasteiger partial charge on any atom is -0.351 e. The molecule has 1 aliphatic carbocycles. The van der Waals surface area contributed by atoms with Crippen LogP contribution in [0.5, 0.6) is 0 Å². The number of anilines is 1. The van der Waals surface area contributed by atoms with Crippen LogP contribution in [0.3, 0.4) is 0 Å². The van der Waals surface area contributed by atoms with Crippen LogP contribution in [0.25, 0.3) is 0 Å². The maximum absolute atomic E-state index is 14.8. The lowest BCUT2D eigenvalue weighted by Gasteiger charge is -2.43. The van der Waals surface area contributed by atoms with Gasteiger partial charge < -0.3 is 9.80 Å². The van der Waals surface area contributed by atoms with Crippen LogP contribution in [-0.2, 0) is 14.6 Å². The van der Waals surface area contributed by atoms with Crippen molar-refractivity contribution in [2.75, 3.05) is 36.0 Å². The zero-order valence-corrected chi connectivity index (χ0v) is 18.7. The van der Waals surface area contributed by atoms with E-state index < -0.39 is 15.9 Å². The fraction of sp³-hybridized carbons (Fsp3) is 0.522. The van der Waals surface area contributed by atoms with Crippen molar-refractivity contribution in [3.8, 4) is 0 Å². The molecule has 1 aromatic heterocycles. The highest BCUT2D eigenvalue weighted by molar-refractivity contribution is 7.91. The second kappa shape index (κ2) is 8.42. The summed E-state index contributed by atoms with van der Waals surface area (Å²) in [7, 11) is -3.06. The van der Waals surface area contributed by atoms with Gasteiger partial charge in [0.05, 0.1) is 35.6 Å². The van der Waals surface area contributed by atoms with Crippen LogP contribution in [0.4, 0.5) is 10.2 Å². The van der Waals surface area contributed by atoms with Crippen molar-refractivity contribution >= 4 is 21.6 Å². The predicted octanol–water partition coefficient (Wildman–Crippen LogP) is 2.71. The Morgan fingerprint density at radius 3 is 2.41 bits per heavy atom. The summed E-state index contributed by atoms with van der Waals surface area (Å²) >= 11 is 0. The molecule has 0 spiro atoms. The molecule has 3 aliphatic rings. The van der Waals surface area contributed by atoms with Gasteiger partial charge in [0, 0.05) is 37.0 Å². The lowest BCUT2D eigenvalue weighted by atomic mass is 9.96. The van der Waals surface area contributed by atoms with Crippen LogP contribution >= 0.6 is 0 Å². The molecule has 170 valence electrons. The molecule has 2 aromatic rings. The lowest BCUT2D eigenvalue weighted by Crippen LogP contribution is -2.53. The Morgan fingerprint density at radius 2 is 1.75 bits per heavy atom. The Hall–Kier alpha value is -2.55. The number of piperazine rings is 1. The van der Waals surface area contributed by atoms with Crippen molar-refractivity contribution in [1.29, 1.82) is 0 Å². The number of rotatable bonds is 4. The molecule has 3 heterocycles. The zero-order valence-electron chi connectivity index (χ0n) is 17.9. The van der Waals surface area contributed by atoms with Gasteiger partial charge in [-0.15, -0.1) is 0 Å². The smallest absolute Gasteiger partial charge is 0.226 e. The van der Waals surface area contributed by atoms with Crippen LogP contribution in [0.15, 0.2) is 36.7 Å². The lowest BCUT2D eigenvalue weighted by molar-refractivity contribution is -0.138. The van der Waals surface area contributed by atoms with Crippen molar-refractivity contribution < 1.29 is 17.6 Å². The first-order valence-electron chi connectivity index (χ1n) is 11.2. The second-order valence-electron chi connectivity index (χ2n) is 9.01. The summed E-state index contributed by atoms with van der Waals surface area (Å²) in [5.74, 6) is 0.564. The average Bonchev–Trinajstić information content (AvgIpc) is 3.64. The second-order valence-corrected chi connectivity index (χ2v) is 11.3. The number of hydrogen-bond donors (Lipinski definition) is 0. The molecule has 1 saturated carbocycles. The van der Waals surface area contributed by atoms with Gasteiger partial charge in [0.15, 0.2) is 0 Å². The van der Waals surface area contributed by atoms with Gasteiger partial charge in [-0.3, -0.25) is 9.78 Å². The Balaban J connectivity index is 1.39. The van der Waals surface area contributed by atoms with Crippen molar-refractivity contribution in [3.05, 3.63) is 53.7 Å². The Bertz CT molecular complexity index is 1090. The predicted molar refractivity (Wildman–Crippen MR) is 118 cm³/mol. The van der Waals surface area contributed by atoms with E-state index in [0.29, 0.717) is 44.0 Å². The van der Waals surface area contributed by atoms with E-state index in [1.54, 1.807) is 29.3 Å². The van der Waals surface area contributed by atoms with Crippen molar-refractivity contribution in [2.45, 2.75) is 37.6 Å². The molecule has 9 heteroatoms. The molecule has 1 aromatic carbocycles. The van der Waals surface area contributed by atoms with Crippen molar-refractivity contribution in [3.63, 3.8) is 0 Å². The monoisotopic (exact) mass is 458 g/mol. The number of carbonyl (C=O) groups is 1. The third-order valence-corrected chi connectivity index (χ3v) is 8.52. The minimum absolute atomic E-state index is 0.0384. The summed E-state index contributed by atoms with van der Waals surface area (Å²) in [5, 5.41) is 0. The summed E-state index contributed by atoms with van der Waals surface area (Å²) < 4.78 is 38.4. The highest BCUT2D eigenvalue weighted by Crippen LogP contribution is 2.39. The van der Waals surface area contributed by atoms with E-state index in [-0.39, 0.29) is 29.1 Å². The standard InChI is InChI=1S/C23H27FN4O3S/c24-19-4-2-1-3-18(19)21-15-27(22-14-25-20(13-26-22)16-5-6-16)9-10-28(21)23(29)17-7-11-32(30,31)12-8-17/h1-4,13-14,16-17,21H,5-12,15H2. The summed E-state index contributed by atoms with van der Waals surface area (Å²) in [6.07, 6.45) is 6.58. The molecule has 0 radical (unpaired) electrons. The number of benzene rings is 1. The maximum atomic E-state index is 14.8. The molecule has 2 saturated heterocycles. The van der Waals surface area contributed by atoms with Crippen LogP contribution in [-0.4, -0.2) is 60.3 Å². The van der Waals surface area contributed by atoms with Gasteiger partial charge in [-0.1, -0.05) is 18.2 Å². The zero-order chi connectivity index (χ0) is 22.3. The molecule has 5 rings (SSSR count). The third-order valence-electron chi connectivity index (χ3n) is 6.81. The maximum Gasteiger partial charge on any atom is 0.226 e. The van der Waals surface area contributed by atoms with Crippen LogP contribution in [0.1, 0.15) is 48.9 Å². The van der Waals surface area contributed by atoms with Gasteiger partial charge in [0.2, 0.25) is 5.91 Å². The number of hydrogen-bond acceptors (Lipinski definition) is 6. The largest absolute Gasteiger partial charge is 0.351 e. The normalized spacial score (nSPS) is 23.8. The molecule has 1 atom stereocenters. The molecule has 0 bridgehead atoms. The first-order chi connectivity index (χ1) is 15.4. The van der Waals surface area contributed by atoms with Crippen LogP contribution < -0.4 is 4.90 Å². The Kier molecular flexibility index (Phi) is 5.61. The molecular weight excluding hydrogens is 431 g/mol. The molecule has 3 fully saturated rings. The third kappa shape index (κ3) is 4.35. The Morgan fingerprint density at radius 1 is 1.00 bits per heavy atom. The number of halogens is 1. The van der Waals surface area contributed by atoms with Crippen LogP contribution in [0, 0.1) is 11.7 Å². The van der Waals surface area contributed by atoms with E-state index in [2.05, 4.69) is 14.9 Å². The summed E-state index contributed by atoms with van der Waals surface area (Å²) in [6, 6.07) is 6.07. The fourth-order valence-corrected chi connectivity index (χ4v) is 6.21. The van der Waals surface area contributed by atoms with E-state index in [9.17, 15) is 17.6 Å². The SMILES string of the molecule is O=C(C1CCS(=O)(=O)CC1)N1CCN(c2cnc(C3CC3)cn2)CC1c1ccccc1F. The van der Waals surface area contributed by atoms with Gasteiger partial charge in [0.1, 0.15) is 21.5 Å². The van der Waals surface area contributed by atoms with Crippen molar-refractivity contribution in [2.24, 2.45) is 5.92 Å². The molecule has 2 aliphatic heterocycles. The van der Waals surface area contributed by atoms with E-state index in [1.807, 2.05) is 6.20 Å². The molecular formula is C23H27FN4O3S. The van der Waals surface area contributed by atoms with E-state index in [4.69, 9.17) is 0 Å². The van der Waals surface area contributed by atoms with Crippen molar-refractivity contribution in [1.82, 2.24) is 14.9 Å². The summed E-state index contributed by atoms with van der Waals surface area (Å²) in [4.78, 5) is 26.3. The summed E-state index contributed by atoms with van der Waals surface area (Å²) in [5.41, 5.74) is 1.48. The minimum atomic E-state index is -3.06. The first-order valence-corrected chi connectivity index (χ1v) is 13.1. The Labute approximate surface area is 187 Å². The average molecular weight is 459 g/mol. The van der Waals surface area contributed by atoms with Crippen LogP contribution in [0.2, 0.25) is 0 Å². The number of nitrogens with zero attached hydrogens (tertiary/aromatic N) is 4. The molecule has 1 unspecified atom stereocenters. The van der Waals surface area contributed by atoms with E-state index >= 15 is 0 Å². The fourth-order valence-electron chi connectivity index (χ4n) is 4.72. The number of amides is 1.